The summed E-state index contributed by atoms with van der Waals surface area (Å²) in [6.45, 7) is 4.73. The Bertz CT molecular complexity index is 435. The maximum Gasteiger partial charge on any atom is 0.0323 e. The summed E-state index contributed by atoms with van der Waals surface area (Å²) < 4.78 is 0. The van der Waals surface area contributed by atoms with Gasteiger partial charge < -0.3 is 5.73 Å². The van der Waals surface area contributed by atoms with Gasteiger partial charge in [-0.15, -0.1) is 0 Å². The maximum absolute atomic E-state index is 6.56. The van der Waals surface area contributed by atoms with Crippen LogP contribution in [0.25, 0.3) is 0 Å². The summed E-state index contributed by atoms with van der Waals surface area (Å²) in [4.78, 5) is 0. The average Bonchev–Trinajstić information content (AvgIpc) is 2.46. The van der Waals surface area contributed by atoms with E-state index in [9.17, 15) is 0 Å². The van der Waals surface area contributed by atoms with Crippen molar-refractivity contribution < 1.29 is 0 Å². The minimum Gasteiger partial charge on any atom is -0.324 e. The Kier molecular flexibility index (Phi) is 4.69. The molecule has 0 bridgehead atoms. The molecule has 2 fully saturated rings. The van der Waals surface area contributed by atoms with E-state index >= 15 is 0 Å². The predicted molar refractivity (Wildman–Crippen MR) is 90.2 cm³/mol. The van der Waals surface area contributed by atoms with Crippen LogP contribution in [0.3, 0.4) is 0 Å². The molecule has 1 aromatic rings. The van der Waals surface area contributed by atoms with Crippen molar-refractivity contribution in [2.75, 3.05) is 0 Å². The molecular weight excluding hydrogens is 254 g/mol. The van der Waals surface area contributed by atoms with Gasteiger partial charge in [-0.2, -0.15) is 0 Å². The van der Waals surface area contributed by atoms with E-state index in [2.05, 4.69) is 38.1 Å². The van der Waals surface area contributed by atoms with Crippen LogP contribution in [0.1, 0.15) is 81.9 Å². The summed E-state index contributed by atoms with van der Waals surface area (Å²) >= 11 is 0. The van der Waals surface area contributed by atoms with E-state index < -0.39 is 0 Å². The van der Waals surface area contributed by atoms with Crippen LogP contribution < -0.4 is 5.73 Å². The van der Waals surface area contributed by atoms with Crippen molar-refractivity contribution in [2.45, 2.75) is 70.8 Å². The van der Waals surface area contributed by atoms with Gasteiger partial charge in [-0.3, -0.25) is 0 Å². The molecule has 0 amide bonds. The van der Waals surface area contributed by atoms with E-state index in [1.54, 1.807) is 0 Å². The molecule has 0 spiro atoms. The molecule has 1 nitrogen and oxygen atoms in total. The van der Waals surface area contributed by atoms with Crippen LogP contribution in [0, 0.1) is 17.8 Å². The van der Waals surface area contributed by atoms with E-state index in [1.807, 2.05) is 0 Å². The fraction of sp³-hybridized carbons (Fsp3) is 0.700. The summed E-state index contributed by atoms with van der Waals surface area (Å²) in [5.41, 5.74) is 9.45. The topological polar surface area (TPSA) is 26.0 Å². The first-order valence-electron chi connectivity index (χ1n) is 9.00. The number of hydrogen-bond acceptors (Lipinski definition) is 1. The van der Waals surface area contributed by atoms with Crippen LogP contribution in [0.4, 0.5) is 0 Å². The minimum atomic E-state index is 0.244. The van der Waals surface area contributed by atoms with Crippen molar-refractivity contribution >= 4 is 0 Å². The van der Waals surface area contributed by atoms with Crippen LogP contribution >= 0.6 is 0 Å². The Morgan fingerprint density at radius 3 is 1.90 bits per heavy atom. The van der Waals surface area contributed by atoms with Gasteiger partial charge in [0.25, 0.3) is 0 Å². The van der Waals surface area contributed by atoms with Gasteiger partial charge in [0.15, 0.2) is 0 Å². The SMILES string of the molecule is CC(C)C1CCC(C(N)c2ccc(C3CCC3)cc2)CC1. The second-order valence-corrected chi connectivity index (χ2v) is 7.74. The van der Waals surface area contributed by atoms with Gasteiger partial charge in [-0.05, 0) is 73.3 Å². The molecule has 2 aliphatic carbocycles. The third-order valence-electron chi connectivity index (χ3n) is 6.17. The van der Waals surface area contributed by atoms with Crippen molar-refractivity contribution in [1.29, 1.82) is 0 Å². The van der Waals surface area contributed by atoms with E-state index in [0.717, 1.165) is 17.8 Å². The largest absolute Gasteiger partial charge is 0.324 e. The molecule has 0 saturated heterocycles. The molecule has 1 heteroatoms. The maximum atomic E-state index is 6.56. The molecule has 0 aliphatic heterocycles. The van der Waals surface area contributed by atoms with Crippen molar-refractivity contribution in [2.24, 2.45) is 23.5 Å². The summed E-state index contributed by atoms with van der Waals surface area (Å²) in [7, 11) is 0. The Hall–Kier alpha value is -0.820. The number of nitrogens with two attached hydrogens (primary N) is 1. The van der Waals surface area contributed by atoms with Gasteiger partial charge in [-0.1, -0.05) is 44.5 Å². The van der Waals surface area contributed by atoms with Gasteiger partial charge >= 0.3 is 0 Å². The lowest BCUT2D eigenvalue weighted by Crippen LogP contribution is -2.27. The van der Waals surface area contributed by atoms with Crippen molar-refractivity contribution in [3.8, 4) is 0 Å². The molecule has 0 aromatic heterocycles. The standard InChI is InChI=1S/C20H31N/c1-14(2)15-6-10-18(11-7-15)20(21)19-12-8-17(9-13-19)16-4-3-5-16/h8-9,12-16,18,20H,3-7,10-11,21H2,1-2H3. The van der Waals surface area contributed by atoms with E-state index in [-0.39, 0.29) is 6.04 Å². The van der Waals surface area contributed by atoms with Crippen LogP contribution in [-0.4, -0.2) is 0 Å². The molecule has 3 rings (SSSR count). The highest BCUT2D eigenvalue weighted by Crippen LogP contribution is 2.40. The van der Waals surface area contributed by atoms with E-state index in [0.29, 0.717) is 5.92 Å². The fourth-order valence-electron chi connectivity index (χ4n) is 4.17. The predicted octanol–water partition coefficient (Wildman–Crippen LogP) is 5.42. The molecule has 1 aromatic carbocycles. The lowest BCUT2D eigenvalue weighted by Gasteiger charge is -2.34. The third kappa shape index (κ3) is 3.34. The lowest BCUT2D eigenvalue weighted by molar-refractivity contribution is 0.203. The van der Waals surface area contributed by atoms with Crippen molar-refractivity contribution in [1.82, 2.24) is 0 Å². The first-order valence-corrected chi connectivity index (χ1v) is 9.00. The fourth-order valence-corrected chi connectivity index (χ4v) is 4.17. The third-order valence-corrected chi connectivity index (χ3v) is 6.17. The Balaban J connectivity index is 1.58. The Labute approximate surface area is 130 Å². The molecule has 1 atom stereocenters. The highest BCUT2D eigenvalue weighted by atomic mass is 14.7. The van der Waals surface area contributed by atoms with Gasteiger partial charge in [0.05, 0.1) is 0 Å². The Morgan fingerprint density at radius 2 is 1.43 bits per heavy atom. The lowest BCUT2D eigenvalue weighted by atomic mass is 9.73. The number of benzene rings is 1. The van der Waals surface area contributed by atoms with Crippen LogP contribution in [0.2, 0.25) is 0 Å². The minimum absolute atomic E-state index is 0.244. The summed E-state index contributed by atoms with van der Waals surface area (Å²) in [5, 5.41) is 0. The van der Waals surface area contributed by atoms with Gasteiger partial charge in [0.2, 0.25) is 0 Å². The molecule has 2 saturated carbocycles. The van der Waals surface area contributed by atoms with Crippen molar-refractivity contribution in [3.63, 3.8) is 0 Å². The van der Waals surface area contributed by atoms with Crippen molar-refractivity contribution in [3.05, 3.63) is 35.4 Å². The number of hydrogen-bond donors (Lipinski definition) is 1. The highest BCUT2D eigenvalue weighted by Gasteiger charge is 2.28. The molecule has 1 unspecified atom stereocenters. The second kappa shape index (κ2) is 6.52. The summed E-state index contributed by atoms with van der Waals surface area (Å²) in [6, 6.07) is 9.51. The molecule has 2 aliphatic rings. The first kappa shape index (κ1) is 15.1. The monoisotopic (exact) mass is 285 g/mol. The molecular formula is C20H31N. The zero-order valence-corrected chi connectivity index (χ0v) is 13.7. The molecule has 0 radical (unpaired) electrons. The van der Waals surface area contributed by atoms with Crippen LogP contribution in [0.5, 0.6) is 0 Å². The molecule has 2 N–H and O–H groups in total. The van der Waals surface area contributed by atoms with Crippen LogP contribution in [-0.2, 0) is 0 Å². The Morgan fingerprint density at radius 1 is 0.857 bits per heavy atom. The normalized spacial score (nSPS) is 28.4. The van der Waals surface area contributed by atoms with Gasteiger partial charge in [-0.25, -0.2) is 0 Å². The van der Waals surface area contributed by atoms with Gasteiger partial charge in [0.1, 0.15) is 0 Å². The molecule has 21 heavy (non-hydrogen) atoms. The average molecular weight is 285 g/mol. The molecule has 116 valence electrons. The highest BCUT2D eigenvalue weighted by molar-refractivity contribution is 5.28. The first-order chi connectivity index (χ1) is 10.1. The zero-order chi connectivity index (χ0) is 14.8. The quantitative estimate of drug-likeness (QED) is 0.785. The van der Waals surface area contributed by atoms with E-state index in [1.165, 1.54) is 56.1 Å². The second-order valence-electron chi connectivity index (χ2n) is 7.74. The van der Waals surface area contributed by atoms with Crippen LogP contribution in [0.15, 0.2) is 24.3 Å². The summed E-state index contributed by atoms with van der Waals surface area (Å²) in [5.74, 6) is 3.28. The number of rotatable bonds is 4. The zero-order valence-electron chi connectivity index (χ0n) is 13.7. The molecule has 0 heterocycles. The smallest absolute Gasteiger partial charge is 0.0323 e. The summed E-state index contributed by atoms with van der Waals surface area (Å²) in [6.07, 6.45) is 9.54. The van der Waals surface area contributed by atoms with E-state index in [4.69, 9.17) is 5.73 Å². The van der Waals surface area contributed by atoms with Gasteiger partial charge in [0, 0.05) is 6.04 Å².